The lowest BCUT2D eigenvalue weighted by molar-refractivity contribution is 0.100. The van der Waals surface area contributed by atoms with Crippen molar-refractivity contribution >= 4 is 60.5 Å². The highest BCUT2D eigenvalue weighted by molar-refractivity contribution is 7.21. The fourth-order valence-electron chi connectivity index (χ4n) is 3.00. The average Bonchev–Trinajstić information content (AvgIpc) is 3.15. The van der Waals surface area contributed by atoms with E-state index in [1.54, 1.807) is 0 Å². The van der Waals surface area contributed by atoms with E-state index in [4.69, 9.17) is 11.6 Å². The molecule has 0 bridgehead atoms. The SMILES string of the molecule is C=CCn1c(=NC(=O)c2sc3ccccc3c2Cl)sc2cc(C)c(C)cc21. The summed E-state index contributed by atoms with van der Waals surface area (Å²) in [7, 11) is 0. The van der Waals surface area contributed by atoms with Gasteiger partial charge < -0.3 is 4.57 Å². The summed E-state index contributed by atoms with van der Waals surface area (Å²) < 4.78 is 4.12. The van der Waals surface area contributed by atoms with Gasteiger partial charge in [0.05, 0.1) is 15.2 Å². The van der Waals surface area contributed by atoms with Crippen LogP contribution in [0.1, 0.15) is 20.8 Å². The van der Waals surface area contributed by atoms with Gasteiger partial charge in [-0.3, -0.25) is 4.79 Å². The maximum absolute atomic E-state index is 12.9. The predicted molar refractivity (Wildman–Crippen MR) is 116 cm³/mol. The fraction of sp³-hybridized carbons (Fsp3) is 0.143. The van der Waals surface area contributed by atoms with Gasteiger partial charge in [0.15, 0.2) is 4.80 Å². The lowest BCUT2D eigenvalue weighted by Crippen LogP contribution is -2.16. The molecule has 2 heterocycles. The molecule has 0 aliphatic heterocycles. The average molecular weight is 413 g/mol. The number of benzene rings is 2. The normalized spacial score (nSPS) is 12.2. The number of hydrogen-bond donors (Lipinski definition) is 0. The highest BCUT2D eigenvalue weighted by Crippen LogP contribution is 2.35. The summed E-state index contributed by atoms with van der Waals surface area (Å²) in [6.07, 6.45) is 1.82. The maximum atomic E-state index is 12.9. The molecule has 0 saturated carbocycles. The molecule has 4 rings (SSSR count). The Morgan fingerprint density at radius 3 is 2.67 bits per heavy atom. The van der Waals surface area contributed by atoms with Crippen LogP contribution in [0.2, 0.25) is 5.02 Å². The number of carbonyl (C=O) groups excluding carboxylic acids is 1. The molecule has 0 N–H and O–H groups in total. The van der Waals surface area contributed by atoms with Gasteiger partial charge >= 0.3 is 0 Å². The van der Waals surface area contributed by atoms with Crippen LogP contribution in [-0.4, -0.2) is 10.5 Å². The molecule has 0 aliphatic carbocycles. The molecule has 27 heavy (non-hydrogen) atoms. The van der Waals surface area contributed by atoms with Gasteiger partial charge in [-0.05, 0) is 43.2 Å². The number of carbonyl (C=O) groups is 1. The number of rotatable bonds is 3. The van der Waals surface area contributed by atoms with Crippen LogP contribution >= 0.6 is 34.3 Å². The molecular weight excluding hydrogens is 396 g/mol. The second-order valence-electron chi connectivity index (χ2n) is 6.35. The zero-order valence-corrected chi connectivity index (χ0v) is 17.3. The van der Waals surface area contributed by atoms with E-state index in [1.165, 1.54) is 33.8 Å². The number of thiazole rings is 1. The van der Waals surface area contributed by atoms with E-state index in [0.717, 1.165) is 20.3 Å². The van der Waals surface area contributed by atoms with Crippen molar-refractivity contribution in [1.29, 1.82) is 0 Å². The number of aryl methyl sites for hydroxylation is 2. The van der Waals surface area contributed by atoms with Crippen molar-refractivity contribution in [3.63, 3.8) is 0 Å². The lowest BCUT2D eigenvalue weighted by Gasteiger charge is -2.03. The third-order valence-corrected chi connectivity index (χ3v) is 7.24. The van der Waals surface area contributed by atoms with Crippen LogP contribution in [0.25, 0.3) is 20.3 Å². The third kappa shape index (κ3) is 3.16. The molecule has 0 fully saturated rings. The molecular formula is C21H17ClN2OS2. The number of nitrogens with zero attached hydrogens (tertiary/aromatic N) is 2. The van der Waals surface area contributed by atoms with Crippen LogP contribution in [0.3, 0.4) is 0 Å². The molecule has 2 aromatic heterocycles. The van der Waals surface area contributed by atoms with Gasteiger partial charge in [-0.15, -0.1) is 17.9 Å². The smallest absolute Gasteiger partial charge is 0.291 e. The monoisotopic (exact) mass is 412 g/mol. The van der Waals surface area contributed by atoms with Crippen LogP contribution < -0.4 is 4.80 Å². The molecule has 136 valence electrons. The highest BCUT2D eigenvalue weighted by atomic mass is 35.5. The molecule has 0 spiro atoms. The van der Waals surface area contributed by atoms with Crippen molar-refractivity contribution in [2.45, 2.75) is 20.4 Å². The largest absolute Gasteiger partial charge is 0.312 e. The first kappa shape index (κ1) is 18.2. The molecule has 1 amide bonds. The standard InChI is InChI=1S/C21H17ClN2OS2/c1-4-9-24-15-10-12(2)13(3)11-17(15)27-21(24)23-20(25)19-18(22)14-7-5-6-8-16(14)26-19/h4-8,10-11H,1,9H2,2-3H3. The van der Waals surface area contributed by atoms with Gasteiger partial charge in [0, 0.05) is 16.6 Å². The van der Waals surface area contributed by atoms with Crippen LogP contribution in [0.15, 0.2) is 54.0 Å². The van der Waals surface area contributed by atoms with Gasteiger partial charge in [0.2, 0.25) is 0 Å². The summed E-state index contributed by atoms with van der Waals surface area (Å²) in [5.74, 6) is -0.306. The van der Waals surface area contributed by atoms with E-state index < -0.39 is 0 Å². The topological polar surface area (TPSA) is 34.4 Å². The zero-order chi connectivity index (χ0) is 19.1. The van der Waals surface area contributed by atoms with Crippen molar-refractivity contribution in [1.82, 2.24) is 4.57 Å². The quantitative estimate of drug-likeness (QED) is 0.373. The highest BCUT2D eigenvalue weighted by Gasteiger charge is 2.17. The van der Waals surface area contributed by atoms with E-state index >= 15 is 0 Å². The number of halogens is 1. The minimum absolute atomic E-state index is 0.306. The summed E-state index contributed by atoms with van der Waals surface area (Å²) in [5.41, 5.74) is 3.50. The molecule has 2 aromatic carbocycles. The third-order valence-electron chi connectivity index (χ3n) is 4.54. The lowest BCUT2D eigenvalue weighted by atomic mass is 10.1. The first-order valence-corrected chi connectivity index (χ1v) is 10.5. The summed E-state index contributed by atoms with van der Waals surface area (Å²) >= 11 is 9.34. The van der Waals surface area contributed by atoms with Crippen LogP contribution in [0, 0.1) is 13.8 Å². The van der Waals surface area contributed by atoms with Gasteiger partial charge in [0.1, 0.15) is 4.88 Å². The first-order chi connectivity index (χ1) is 13.0. The second kappa shape index (κ2) is 7.08. The minimum atomic E-state index is -0.306. The van der Waals surface area contributed by atoms with Crippen molar-refractivity contribution in [2.75, 3.05) is 0 Å². The van der Waals surface area contributed by atoms with Crippen LogP contribution in [0.5, 0.6) is 0 Å². The second-order valence-corrected chi connectivity index (χ2v) is 8.79. The molecule has 6 heteroatoms. The number of fused-ring (bicyclic) bond motifs is 2. The fourth-order valence-corrected chi connectivity index (χ4v) is 5.52. The van der Waals surface area contributed by atoms with Crippen LogP contribution in [0.4, 0.5) is 0 Å². The van der Waals surface area contributed by atoms with E-state index in [1.807, 2.05) is 34.9 Å². The van der Waals surface area contributed by atoms with E-state index in [2.05, 4.69) is 37.6 Å². The predicted octanol–water partition coefficient (Wildman–Crippen LogP) is 6.11. The number of hydrogen-bond acceptors (Lipinski definition) is 3. The Hall–Kier alpha value is -2.21. The molecule has 3 nitrogen and oxygen atoms in total. The number of allylic oxidation sites excluding steroid dienone is 1. The first-order valence-electron chi connectivity index (χ1n) is 8.47. The minimum Gasteiger partial charge on any atom is -0.312 e. The number of aromatic nitrogens is 1. The number of amides is 1. The Balaban J connectivity index is 1.90. The zero-order valence-electron chi connectivity index (χ0n) is 15.0. The maximum Gasteiger partial charge on any atom is 0.291 e. The Kier molecular flexibility index (Phi) is 4.76. The summed E-state index contributed by atoms with van der Waals surface area (Å²) in [5, 5.41) is 1.37. The Morgan fingerprint density at radius 2 is 1.93 bits per heavy atom. The molecule has 0 aliphatic rings. The van der Waals surface area contributed by atoms with Crippen molar-refractivity contribution in [3.8, 4) is 0 Å². The summed E-state index contributed by atoms with van der Waals surface area (Å²) in [6.45, 7) is 8.61. The van der Waals surface area contributed by atoms with Gasteiger partial charge in [-0.25, -0.2) is 0 Å². The number of thiophene rings is 1. The van der Waals surface area contributed by atoms with Gasteiger partial charge in [-0.2, -0.15) is 4.99 Å². The van der Waals surface area contributed by atoms with Crippen molar-refractivity contribution in [3.05, 3.63) is 74.9 Å². The molecule has 0 unspecified atom stereocenters. The molecule has 0 radical (unpaired) electrons. The molecule has 4 aromatic rings. The van der Waals surface area contributed by atoms with Crippen molar-refractivity contribution in [2.24, 2.45) is 4.99 Å². The van der Waals surface area contributed by atoms with Gasteiger partial charge in [-0.1, -0.05) is 47.2 Å². The molecule has 0 atom stereocenters. The van der Waals surface area contributed by atoms with E-state index in [9.17, 15) is 4.79 Å². The Labute approximate surface area is 169 Å². The van der Waals surface area contributed by atoms with E-state index in [-0.39, 0.29) is 5.91 Å². The van der Waals surface area contributed by atoms with E-state index in [0.29, 0.717) is 21.2 Å². The summed E-state index contributed by atoms with van der Waals surface area (Å²) in [4.78, 5) is 18.5. The summed E-state index contributed by atoms with van der Waals surface area (Å²) in [6, 6.07) is 12.0. The van der Waals surface area contributed by atoms with Crippen molar-refractivity contribution < 1.29 is 4.79 Å². The molecule has 0 saturated heterocycles. The Bertz CT molecular complexity index is 1280. The van der Waals surface area contributed by atoms with Crippen LogP contribution in [-0.2, 0) is 6.54 Å². The Morgan fingerprint density at radius 1 is 1.19 bits per heavy atom. The van der Waals surface area contributed by atoms with Gasteiger partial charge in [0.25, 0.3) is 5.91 Å².